The van der Waals surface area contributed by atoms with Crippen molar-refractivity contribution in [3.63, 3.8) is 0 Å². The summed E-state index contributed by atoms with van der Waals surface area (Å²) in [6.07, 6.45) is 3.77. The normalized spacial score (nSPS) is 30.5. The van der Waals surface area contributed by atoms with Gasteiger partial charge in [0.1, 0.15) is 0 Å². The third kappa shape index (κ3) is 3.89. The Hall–Kier alpha value is 0.137. The summed E-state index contributed by atoms with van der Waals surface area (Å²) in [4.78, 5) is 0. The average molecular weight is 180 g/mol. The molecule has 1 rings (SSSR count). The maximum Gasteiger partial charge on any atom is 0.157 e. The van der Waals surface area contributed by atoms with E-state index >= 15 is 0 Å². The predicted octanol–water partition coefficient (Wildman–Crippen LogP) is 0.703. The molecule has 0 spiro atoms. The van der Waals surface area contributed by atoms with Crippen LogP contribution >= 0.6 is 0 Å². The molecule has 3 heteroatoms. The van der Waals surface area contributed by atoms with Gasteiger partial charge >= 0.3 is 0 Å². The third-order valence-electron chi connectivity index (χ3n) is 1.76. The Balaban J connectivity index is 1.97. The molecule has 0 amide bonds. The Kier molecular flexibility index (Phi) is 2.99. The molecule has 1 aliphatic heterocycles. The molecule has 2 nitrogen and oxygen atoms in total. The lowest BCUT2D eigenvalue weighted by molar-refractivity contribution is -0.162. The first-order chi connectivity index (χ1) is 6.58. The summed E-state index contributed by atoms with van der Waals surface area (Å²) in [5.41, 5.74) is 0. The van der Waals surface area contributed by atoms with Crippen LogP contribution < -0.4 is 0 Å². The van der Waals surface area contributed by atoms with Gasteiger partial charge in [0, 0.05) is 27.0 Å². The minimum Gasteiger partial charge on any atom is -0.353 e. The molecule has 0 aliphatic carbocycles. The summed E-state index contributed by atoms with van der Waals surface area (Å²) < 4.78 is 32.2. The second kappa shape index (κ2) is 5.74. The van der Waals surface area contributed by atoms with Crippen LogP contribution in [-0.4, -0.2) is 33.2 Å². The Morgan fingerprint density at radius 1 is 1.64 bits per heavy atom. The summed E-state index contributed by atoms with van der Waals surface area (Å²) in [7, 11) is -3.11. The lowest BCUT2D eigenvalue weighted by atomic mass is 10.2. The fraction of sp³-hybridized carbons (Fsp3) is 1.00. The molecule has 0 aromatic rings. The molecular weight excluding hydrogens is 156 g/mol. The molecular formula is C8H18O2Si. The first kappa shape index (κ1) is 5.73. The van der Waals surface area contributed by atoms with Gasteiger partial charge in [-0.1, -0.05) is 6.04 Å². The number of ether oxygens (including phenoxy) is 2. The van der Waals surface area contributed by atoms with Crippen LogP contribution in [0.15, 0.2) is 0 Å². The van der Waals surface area contributed by atoms with E-state index in [0.29, 0.717) is 19.1 Å². The van der Waals surface area contributed by atoms with Gasteiger partial charge in [-0.2, -0.15) is 0 Å². The van der Waals surface area contributed by atoms with Gasteiger partial charge in [-0.05, 0) is 25.7 Å². The lowest BCUT2D eigenvalue weighted by Gasteiger charge is -2.22. The first-order valence-electron chi connectivity index (χ1n) is 5.81. The molecule has 0 bridgehead atoms. The lowest BCUT2D eigenvalue weighted by Crippen LogP contribution is -2.22. The highest BCUT2D eigenvalue weighted by atomic mass is 28.1. The minimum absolute atomic E-state index is 0.0815. The molecule has 1 aliphatic rings. The Bertz CT molecular complexity index is 157. The van der Waals surface area contributed by atoms with E-state index in [1.807, 2.05) is 0 Å². The summed E-state index contributed by atoms with van der Waals surface area (Å²) in [5, 5.41) is 0. The van der Waals surface area contributed by atoms with Crippen LogP contribution in [0.3, 0.4) is 0 Å². The first-order valence-corrected chi connectivity index (χ1v) is 5.02. The third-order valence-corrected chi connectivity index (χ3v) is 2.12. The van der Waals surface area contributed by atoms with Crippen molar-refractivity contribution in [3.05, 3.63) is 0 Å². The molecule has 11 heavy (non-hydrogen) atoms. The van der Waals surface area contributed by atoms with Gasteiger partial charge in [0.05, 0.1) is 0 Å². The predicted molar refractivity (Wildman–Crippen MR) is 48.9 cm³/mol. The van der Waals surface area contributed by atoms with Crippen molar-refractivity contribution in [2.45, 2.75) is 38.0 Å². The zero-order valence-corrected chi connectivity index (χ0v) is 7.84. The fourth-order valence-corrected chi connectivity index (χ4v) is 1.27. The standard InChI is InChI=1S/C8H18O2Si/c11-7-3-6-10-8-4-1-2-5-9-8/h8H,1-7H2,11H3/i11T3. The number of hydrogen-bond acceptors (Lipinski definition) is 2. The zero-order chi connectivity index (χ0) is 10.4. The largest absolute Gasteiger partial charge is 0.353 e. The van der Waals surface area contributed by atoms with Gasteiger partial charge in [0.2, 0.25) is 0 Å². The summed E-state index contributed by atoms with van der Waals surface area (Å²) in [5.74, 6) is 0. The molecule has 1 fully saturated rings. The summed E-state index contributed by atoms with van der Waals surface area (Å²) in [6.45, 7) is 1.30. The molecule has 0 aromatic carbocycles. The van der Waals surface area contributed by atoms with Crippen molar-refractivity contribution in [3.8, 4) is 0 Å². The molecule has 1 atom stereocenters. The Morgan fingerprint density at radius 2 is 2.64 bits per heavy atom. The zero-order valence-electron chi connectivity index (χ0n) is 9.84. The second-order valence-corrected chi connectivity index (χ2v) is 3.27. The molecule has 66 valence electrons. The van der Waals surface area contributed by atoms with Crippen LogP contribution in [0.1, 0.15) is 25.7 Å². The van der Waals surface area contributed by atoms with E-state index in [9.17, 15) is 0 Å². The summed E-state index contributed by atoms with van der Waals surface area (Å²) >= 11 is 0. The minimum atomic E-state index is -3.11. The molecule has 0 N–H and O–H groups in total. The SMILES string of the molecule is [3H][Si]([3H])([3H])CCCOC1CCCCO1. The molecule has 1 unspecified atom stereocenters. The van der Waals surface area contributed by atoms with Crippen LogP contribution in [0, 0.1) is 0 Å². The maximum atomic E-state index is 7.14. The van der Waals surface area contributed by atoms with Gasteiger partial charge in [0.25, 0.3) is 0 Å². The molecule has 0 aromatic heterocycles. The van der Waals surface area contributed by atoms with Crippen LogP contribution in [-0.2, 0) is 9.47 Å². The highest BCUT2D eigenvalue weighted by Gasteiger charge is 2.12. The van der Waals surface area contributed by atoms with E-state index in [1.165, 1.54) is 0 Å². The van der Waals surface area contributed by atoms with Crippen molar-refractivity contribution >= 4 is 10.0 Å². The maximum absolute atomic E-state index is 7.14. The number of hydrogen-bond donors (Lipinski definition) is 0. The fourth-order valence-electron chi connectivity index (χ4n) is 1.13. The van der Waals surface area contributed by atoms with E-state index in [0.717, 1.165) is 25.9 Å². The smallest absolute Gasteiger partial charge is 0.157 e. The highest BCUT2D eigenvalue weighted by molar-refractivity contribution is 6.08. The topological polar surface area (TPSA) is 18.5 Å². The van der Waals surface area contributed by atoms with E-state index in [1.54, 1.807) is 0 Å². The van der Waals surface area contributed by atoms with Crippen LogP contribution in [0.2, 0.25) is 6.04 Å². The van der Waals surface area contributed by atoms with Gasteiger partial charge in [-0.15, -0.1) is 0 Å². The quantitative estimate of drug-likeness (QED) is 0.458. The van der Waals surface area contributed by atoms with E-state index < -0.39 is 10.0 Å². The van der Waals surface area contributed by atoms with Gasteiger partial charge in [-0.25, -0.2) is 0 Å². The Labute approximate surface area is 75.4 Å². The molecule has 1 saturated heterocycles. The van der Waals surface area contributed by atoms with Crippen LogP contribution in [0.25, 0.3) is 0 Å². The summed E-state index contributed by atoms with van der Waals surface area (Å²) in [6, 6.07) is 0.361. The number of rotatable bonds is 5. The van der Waals surface area contributed by atoms with Gasteiger partial charge in [0.15, 0.2) is 6.29 Å². The van der Waals surface area contributed by atoms with Crippen LogP contribution in [0.5, 0.6) is 0 Å². The van der Waals surface area contributed by atoms with Gasteiger partial charge < -0.3 is 9.47 Å². The second-order valence-electron chi connectivity index (χ2n) is 2.77. The van der Waals surface area contributed by atoms with E-state index in [2.05, 4.69) is 0 Å². The monoisotopic (exact) mass is 180 g/mol. The average Bonchev–Trinajstić information content (AvgIpc) is 2.13. The van der Waals surface area contributed by atoms with Crippen LogP contribution in [0.4, 0.5) is 0 Å². The van der Waals surface area contributed by atoms with Crippen molar-refractivity contribution in [2.24, 2.45) is 0 Å². The van der Waals surface area contributed by atoms with Crippen molar-refractivity contribution in [1.82, 2.24) is 0 Å². The van der Waals surface area contributed by atoms with E-state index in [-0.39, 0.29) is 6.29 Å². The molecule has 0 saturated carbocycles. The van der Waals surface area contributed by atoms with Gasteiger partial charge in [-0.3, -0.25) is 0 Å². The van der Waals surface area contributed by atoms with E-state index in [4.69, 9.17) is 13.2 Å². The molecule has 1 heterocycles. The Morgan fingerprint density at radius 3 is 3.36 bits per heavy atom. The molecule has 0 radical (unpaired) electrons. The van der Waals surface area contributed by atoms with Crippen molar-refractivity contribution in [1.29, 1.82) is 3.70 Å². The van der Waals surface area contributed by atoms with Crippen molar-refractivity contribution in [2.75, 3.05) is 13.2 Å². The van der Waals surface area contributed by atoms with Crippen molar-refractivity contribution < 1.29 is 9.47 Å². The highest BCUT2D eigenvalue weighted by Crippen LogP contribution is 2.13.